The number of alkyl halides is 2. The summed E-state index contributed by atoms with van der Waals surface area (Å²) in [5.74, 6) is -0.247. The van der Waals surface area contributed by atoms with E-state index in [2.05, 4.69) is 15.2 Å². The minimum absolute atomic E-state index is 0.102. The quantitative estimate of drug-likeness (QED) is 0.344. The minimum atomic E-state index is -3.87. The van der Waals surface area contributed by atoms with Crippen LogP contribution in [0.5, 0.6) is 0 Å². The predicted octanol–water partition coefficient (Wildman–Crippen LogP) is 3.60. The van der Waals surface area contributed by atoms with Gasteiger partial charge in [0.15, 0.2) is 5.65 Å². The molecule has 2 aliphatic rings. The van der Waals surface area contributed by atoms with E-state index in [-0.39, 0.29) is 36.6 Å². The van der Waals surface area contributed by atoms with Gasteiger partial charge in [-0.15, -0.1) is 10.2 Å². The lowest BCUT2D eigenvalue weighted by molar-refractivity contribution is 0.0878. The predicted molar refractivity (Wildman–Crippen MR) is 151 cm³/mol. The maximum atomic E-state index is 14.0. The highest BCUT2D eigenvalue weighted by atomic mass is 32.2. The van der Waals surface area contributed by atoms with E-state index in [9.17, 15) is 22.3 Å². The van der Waals surface area contributed by atoms with Crippen molar-refractivity contribution >= 4 is 21.5 Å². The topological polar surface area (TPSA) is 113 Å². The molecule has 0 bridgehead atoms. The van der Waals surface area contributed by atoms with Crippen LogP contribution in [0.2, 0.25) is 0 Å². The number of benzene rings is 1. The van der Waals surface area contributed by atoms with Gasteiger partial charge in [-0.3, -0.25) is 4.40 Å². The molecule has 0 unspecified atom stereocenters. The molecule has 2 atom stereocenters. The highest BCUT2D eigenvalue weighted by Crippen LogP contribution is 2.36. The highest BCUT2D eigenvalue weighted by molar-refractivity contribution is 7.89. The van der Waals surface area contributed by atoms with Crippen LogP contribution in [0.4, 0.5) is 14.6 Å². The zero-order valence-corrected chi connectivity index (χ0v) is 24.1. The number of aliphatic hydroxyl groups excluding tert-OH is 1. The third-order valence-corrected chi connectivity index (χ3v) is 10.1. The van der Waals surface area contributed by atoms with E-state index in [0.29, 0.717) is 43.2 Å². The average molecular weight is 599 g/mol. The molecule has 3 aromatic heterocycles. The number of aliphatic hydroxyl groups is 1. The molecule has 0 aliphatic carbocycles. The third kappa shape index (κ3) is 4.93. The van der Waals surface area contributed by atoms with Crippen molar-refractivity contribution in [2.75, 3.05) is 37.8 Å². The van der Waals surface area contributed by atoms with Crippen LogP contribution in [0.15, 0.2) is 53.7 Å². The first-order valence-electron chi connectivity index (χ1n) is 13.8. The van der Waals surface area contributed by atoms with Crippen LogP contribution in [0.3, 0.4) is 0 Å². The van der Waals surface area contributed by atoms with Gasteiger partial charge in [0, 0.05) is 44.6 Å². The van der Waals surface area contributed by atoms with Crippen LogP contribution in [0.1, 0.15) is 52.4 Å². The average Bonchev–Trinajstić information content (AvgIpc) is 3.40. The summed E-state index contributed by atoms with van der Waals surface area (Å²) in [7, 11) is -3.87. The van der Waals surface area contributed by atoms with Gasteiger partial charge in [0.05, 0.1) is 19.3 Å². The zero-order valence-electron chi connectivity index (χ0n) is 23.3. The van der Waals surface area contributed by atoms with Gasteiger partial charge in [0.25, 0.3) is 6.43 Å². The first kappa shape index (κ1) is 28.6. The van der Waals surface area contributed by atoms with Crippen molar-refractivity contribution in [2.45, 2.75) is 50.1 Å². The molecule has 1 N–H and O–H groups in total. The Labute approximate surface area is 242 Å². The normalized spacial score (nSPS) is 19.5. The van der Waals surface area contributed by atoms with E-state index in [4.69, 9.17) is 4.74 Å². The summed E-state index contributed by atoms with van der Waals surface area (Å²) >= 11 is 0. The number of halogens is 2. The lowest BCUT2D eigenvalue weighted by Gasteiger charge is -2.36. The number of aryl methyl sites for hydroxylation is 2. The van der Waals surface area contributed by atoms with E-state index < -0.39 is 22.3 Å². The molecule has 13 heteroatoms. The number of ether oxygens (including phenoxy) is 1. The maximum Gasteiger partial charge on any atom is 0.297 e. The molecule has 1 aromatic carbocycles. The molecule has 6 rings (SSSR count). The number of pyridine rings is 2. The third-order valence-electron chi connectivity index (χ3n) is 8.29. The van der Waals surface area contributed by atoms with Gasteiger partial charge in [0.1, 0.15) is 10.7 Å². The van der Waals surface area contributed by atoms with Crippen molar-refractivity contribution in [3.63, 3.8) is 0 Å². The van der Waals surface area contributed by atoms with E-state index in [1.807, 2.05) is 30.0 Å². The van der Waals surface area contributed by atoms with E-state index in [0.717, 1.165) is 22.3 Å². The van der Waals surface area contributed by atoms with Gasteiger partial charge in [-0.05, 0) is 66.3 Å². The summed E-state index contributed by atoms with van der Waals surface area (Å²) in [4.78, 5) is 6.65. The number of sulfonamides is 1. The summed E-state index contributed by atoms with van der Waals surface area (Å²) in [5.41, 5.74) is 4.49. The van der Waals surface area contributed by atoms with Gasteiger partial charge >= 0.3 is 0 Å². The first-order valence-corrected chi connectivity index (χ1v) is 15.3. The molecule has 1 fully saturated rings. The second kappa shape index (κ2) is 11.3. The van der Waals surface area contributed by atoms with Crippen molar-refractivity contribution in [1.29, 1.82) is 0 Å². The number of fused-ring (bicyclic) bond motifs is 4. The zero-order chi connectivity index (χ0) is 29.6. The van der Waals surface area contributed by atoms with Crippen LogP contribution in [0.25, 0.3) is 5.65 Å². The van der Waals surface area contributed by atoms with E-state index in [1.54, 1.807) is 31.3 Å². The van der Waals surface area contributed by atoms with Crippen molar-refractivity contribution in [1.82, 2.24) is 23.9 Å². The molecule has 1 saturated heterocycles. The molecule has 42 heavy (non-hydrogen) atoms. The molecule has 10 nitrogen and oxygen atoms in total. The number of nitrogens with zero attached hydrogens (tertiary/aromatic N) is 6. The Morgan fingerprint density at radius 3 is 2.79 bits per heavy atom. The Morgan fingerprint density at radius 2 is 2.00 bits per heavy atom. The van der Waals surface area contributed by atoms with Crippen LogP contribution in [-0.2, 0) is 21.3 Å². The summed E-state index contributed by atoms with van der Waals surface area (Å²) in [6, 6.07) is 10.7. The Balaban J connectivity index is 1.38. The molecule has 0 amide bonds. The fraction of sp³-hybridized carbons (Fsp3) is 0.414. The SMILES string of the molecule is Cc1ccc([C@@H](CCO)c2ccn3c(C(F)F)nnc3c2C)cc1CN1C[C@H]2COCCN2c2ncccc2S1(=O)=O. The summed E-state index contributed by atoms with van der Waals surface area (Å²) in [6.07, 6.45) is 0.762. The highest BCUT2D eigenvalue weighted by Gasteiger charge is 2.39. The van der Waals surface area contributed by atoms with Gasteiger partial charge in [-0.25, -0.2) is 22.2 Å². The van der Waals surface area contributed by atoms with Crippen LogP contribution in [-0.4, -0.2) is 76.4 Å². The Bertz CT molecular complexity index is 1730. The van der Waals surface area contributed by atoms with Crippen LogP contribution >= 0.6 is 0 Å². The summed E-state index contributed by atoms with van der Waals surface area (Å²) in [5, 5.41) is 17.7. The van der Waals surface area contributed by atoms with Gasteiger partial charge in [0.2, 0.25) is 15.8 Å². The molecular formula is C29H32F2N6O4S. The first-order chi connectivity index (χ1) is 20.2. The van der Waals surface area contributed by atoms with Gasteiger partial charge in [-0.2, -0.15) is 4.31 Å². The van der Waals surface area contributed by atoms with Crippen molar-refractivity contribution < 1.29 is 27.0 Å². The second-order valence-electron chi connectivity index (χ2n) is 10.7. The molecule has 0 saturated carbocycles. The number of aromatic nitrogens is 4. The van der Waals surface area contributed by atoms with E-state index in [1.165, 1.54) is 14.9 Å². The summed E-state index contributed by atoms with van der Waals surface area (Å²) < 4.78 is 63.3. The smallest absolute Gasteiger partial charge is 0.297 e. The largest absolute Gasteiger partial charge is 0.396 e. The van der Waals surface area contributed by atoms with Gasteiger partial charge < -0.3 is 14.7 Å². The number of hydrogen-bond acceptors (Lipinski definition) is 8. The van der Waals surface area contributed by atoms with Gasteiger partial charge in [-0.1, -0.05) is 18.2 Å². The van der Waals surface area contributed by atoms with Crippen LogP contribution in [0, 0.1) is 13.8 Å². The lowest BCUT2D eigenvalue weighted by atomic mass is 9.85. The number of morpholine rings is 1. The van der Waals surface area contributed by atoms with Crippen molar-refractivity contribution in [3.05, 3.63) is 82.4 Å². The molecule has 222 valence electrons. The maximum absolute atomic E-state index is 14.0. The molecule has 5 heterocycles. The fourth-order valence-electron chi connectivity index (χ4n) is 6.05. The van der Waals surface area contributed by atoms with E-state index >= 15 is 0 Å². The standard InChI is InChI=1S/C29H32F2N6O4S/c1-18-5-6-20(24(8-12-38)23-7-10-37-27(19(23)2)33-34-29(37)26(30)31)14-21(18)15-35-16-22-17-41-13-11-36(22)28-25(42(35,39)40)4-3-9-32-28/h3-7,9-10,14,22,24,26,38H,8,11-13,15-17H2,1-2H3/t22-,24+/m0/s1. The molecule has 0 spiro atoms. The van der Waals surface area contributed by atoms with Crippen LogP contribution < -0.4 is 4.90 Å². The Kier molecular flexibility index (Phi) is 7.68. The molecule has 2 aliphatic heterocycles. The Morgan fingerprint density at radius 1 is 1.17 bits per heavy atom. The van der Waals surface area contributed by atoms with Crippen molar-refractivity contribution in [3.8, 4) is 0 Å². The second-order valence-corrected chi connectivity index (χ2v) is 12.7. The monoisotopic (exact) mass is 598 g/mol. The summed E-state index contributed by atoms with van der Waals surface area (Å²) in [6.45, 7) is 5.50. The molecular weight excluding hydrogens is 566 g/mol. The number of anilines is 1. The lowest BCUT2D eigenvalue weighted by Crippen LogP contribution is -2.50. The fourth-order valence-corrected chi connectivity index (χ4v) is 7.65. The molecule has 4 aromatic rings. The van der Waals surface area contributed by atoms with Crippen molar-refractivity contribution in [2.24, 2.45) is 0 Å². The number of rotatable bonds is 7. The number of hydrogen-bond donors (Lipinski definition) is 1. The minimum Gasteiger partial charge on any atom is -0.396 e. The molecule has 0 radical (unpaired) electrons. The Hall–Kier alpha value is -3.52.